The van der Waals surface area contributed by atoms with Crippen LogP contribution >= 0.6 is 0 Å². The molecule has 2 heteroatoms. The summed E-state index contributed by atoms with van der Waals surface area (Å²) in [5.41, 5.74) is 15.5. The van der Waals surface area contributed by atoms with Gasteiger partial charge in [-0.25, -0.2) is 4.98 Å². The number of hydrogen-bond donors (Lipinski definition) is 0. The van der Waals surface area contributed by atoms with Crippen LogP contribution in [0, 0.1) is 0 Å². The van der Waals surface area contributed by atoms with Crippen molar-refractivity contribution in [2.45, 2.75) is 0 Å². The van der Waals surface area contributed by atoms with E-state index in [-0.39, 0.29) is 0 Å². The topological polar surface area (TPSA) is 25.8 Å². The van der Waals surface area contributed by atoms with E-state index in [0.29, 0.717) is 0 Å². The summed E-state index contributed by atoms with van der Waals surface area (Å²) in [6.07, 6.45) is 1.94. The Hall–Kier alpha value is -6.90. The summed E-state index contributed by atoms with van der Waals surface area (Å²) in [7, 11) is 0. The molecule has 9 rings (SSSR count). The van der Waals surface area contributed by atoms with E-state index in [0.717, 1.165) is 55.7 Å². The first kappa shape index (κ1) is 31.1. The van der Waals surface area contributed by atoms with E-state index in [2.05, 4.69) is 194 Å². The Morgan fingerprint density at radius 1 is 0.269 bits per heavy atom. The van der Waals surface area contributed by atoms with Crippen molar-refractivity contribution in [3.05, 3.63) is 206 Å². The average molecular weight is 663 g/mol. The molecule has 0 amide bonds. The number of rotatable bonds is 7. The van der Waals surface area contributed by atoms with Crippen molar-refractivity contribution in [2.24, 2.45) is 0 Å². The van der Waals surface area contributed by atoms with E-state index >= 15 is 0 Å². The van der Waals surface area contributed by atoms with E-state index in [4.69, 9.17) is 9.97 Å². The van der Waals surface area contributed by atoms with Crippen molar-refractivity contribution in [1.82, 2.24) is 9.97 Å². The quantitative estimate of drug-likeness (QED) is 0.170. The second-order valence-corrected chi connectivity index (χ2v) is 13.1. The van der Waals surface area contributed by atoms with E-state index in [1.165, 1.54) is 33.4 Å². The van der Waals surface area contributed by atoms with Crippen molar-refractivity contribution in [3.63, 3.8) is 0 Å². The fourth-order valence-corrected chi connectivity index (χ4v) is 7.00. The lowest BCUT2D eigenvalue weighted by atomic mass is 9.94. The van der Waals surface area contributed by atoms with E-state index in [9.17, 15) is 0 Å². The second kappa shape index (κ2) is 13.8. The molecule has 244 valence electrons. The van der Waals surface area contributed by atoms with Gasteiger partial charge in [0.2, 0.25) is 0 Å². The molecule has 2 heterocycles. The average Bonchev–Trinajstić information content (AvgIpc) is 3.24. The minimum atomic E-state index is 0.857. The lowest BCUT2D eigenvalue weighted by molar-refractivity contribution is 1.27. The highest BCUT2D eigenvalue weighted by Crippen LogP contribution is 2.35. The molecule has 9 aromatic rings. The van der Waals surface area contributed by atoms with Crippen LogP contribution in [0.4, 0.5) is 0 Å². The van der Waals surface area contributed by atoms with Crippen molar-refractivity contribution in [1.29, 1.82) is 0 Å². The number of nitrogens with zero attached hydrogens (tertiary/aromatic N) is 2. The predicted molar refractivity (Wildman–Crippen MR) is 218 cm³/mol. The van der Waals surface area contributed by atoms with Gasteiger partial charge in [-0.1, -0.05) is 164 Å². The molecule has 0 bridgehead atoms. The van der Waals surface area contributed by atoms with Crippen LogP contribution in [-0.2, 0) is 0 Å². The minimum Gasteiger partial charge on any atom is -0.254 e. The molecule has 0 radical (unpaired) electrons. The Morgan fingerprint density at radius 3 is 1.21 bits per heavy atom. The van der Waals surface area contributed by atoms with Gasteiger partial charge in [0.1, 0.15) is 0 Å². The number of pyridine rings is 2. The number of hydrogen-bond acceptors (Lipinski definition) is 2. The van der Waals surface area contributed by atoms with Crippen molar-refractivity contribution in [2.75, 3.05) is 0 Å². The first-order chi connectivity index (χ1) is 25.7. The molecule has 0 N–H and O–H groups in total. The normalized spacial score (nSPS) is 11.1. The van der Waals surface area contributed by atoms with E-state index in [1.54, 1.807) is 0 Å². The van der Waals surface area contributed by atoms with Crippen LogP contribution in [0.1, 0.15) is 0 Å². The van der Waals surface area contributed by atoms with Crippen LogP contribution in [0.2, 0.25) is 0 Å². The maximum absolute atomic E-state index is 5.25. The zero-order valence-electron chi connectivity index (χ0n) is 28.5. The molecular weight excluding hydrogens is 629 g/mol. The molecule has 52 heavy (non-hydrogen) atoms. The lowest BCUT2D eigenvalue weighted by Crippen LogP contribution is -1.94. The minimum absolute atomic E-state index is 0.857. The molecule has 0 aliphatic heterocycles. The van der Waals surface area contributed by atoms with Crippen LogP contribution < -0.4 is 0 Å². The molecule has 0 unspecified atom stereocenters. The van der Waals surface area contributed by atoms with Crippen LogP contribution in [0.5, 0.6) is 0 Å². The summed E-state index contributed by atoms with van der Waals surface area (Å²) < 4.78 is 0. The van der Waals surface area contributed by atoms with Crippen LogP contribution in [0.15, 0.2) is 206 Å². The van der Waals surface area contributed by atoms with Crippen LogP contribution in [-0.4, -0.2) is 9.97 Å². The summed E-state index contributed by atoms with van der Waals surface area (Å²) in [5, 5.41) is 2.22. The van der Waals surface area contributed by atoms with Crippen LogP contribution in [0.25, 0.3) is 89.1 Å². The van der Waals surface area contributed by atoms with E-state index in [1.807, 2.05) is 12.3 Å². The third-order valence-electron chi connectivity index (χ3n) is 9.71. The first-order valence-electron chi connectivity index (χ1n) is 17.6. The molecular formula is C50H34N2. The molecule has 7 aromatic carbocycles. The molecule has 0 aliphatic rings. The first-order valence-corrected chi connectivity index (χ1v) is 17.6. The van der Waals surface area contributed by atoms with Gasteiger partial charge in [0, 0.05) is 22.7 Å². The highest BCUT2D eigenvalue weighted by atomic mass is 14.8. The van der Waals surface area contributed by atoms with Gasteiger partial charge in [-0.15, -0.1) is 0 Å². The number of aromatic nitrogens is 2. The third-order valence-corrected chi connectivity index (χ3v) is 9.71. The molecule has 0 saturated carbocycles. The molecule has 0 saturated heterocycles. The third kappa shape index (κ3) is 6.30. The summed E-state index contributed by atoms with van der Waals surface area (Å²) in [5.74, 6) is 0. The number of benzene rings is 7. The Balaban J connectivity index is 1.04. The molecule has 0 aliphatic carbocycles. The maximum atomic E-state index is 5.25. The molecule has 0 spiro atoms. The summed E-state index contributed by atoms with van der Waals surface area (Å²) in [4.78, 5) is 10.1. The van der Waals surface area contributed by atoms with Gasteiger partial charge in [-0.05, 0) is 91.9 Å². The molecule has 2 aromatic heterocycles. The van der Waals surface area contributed by atoms with Gasteiger partial charge in [0.25, 0.3) is 0 Å². The Bertz CT molecular complexity index is 2660. The predicted octanol–water partition coefficient (Wildman–Crippen LogP) is 13.3. The van der Waals surface area contributed by atoms with Gasteiger partial charge >= 0.3 is 0 Å². The highest BCUT2D eigenvalue weighted by molar-refractivity contribution is 5.96. The Labute approximate surface area is 304 Å². The highest BCUT2D eigenvalue weighted by Gasteiger charge is 2.13. The second-order valence-electron chi connectivity index (χ2n) is 13.1. The fraction of sp³-hybridized carbons (Fsp3) is 0. The standard InChI is InChI=1S/C50H34N2/c1-3-13-35(14-4-1)37-18-9-19-38(29-37)39-20-10-21-40(30-39)41-22-11-23-42(31-41)43-24-12-25-45(32-43)49-33-44-17-7-8-26-47(44)50(52-49)48-28-27-46(34-51-48)36-15-5-2-6-16-36/h1-34H. The smallest absolute Gasteiger partial charge is 0.0971 e. The summed E-state index contributed by atoms with van der Waals surface area (Å²) >= 11 is 0. The van der Waals surface area contributed by atoms with Gasteiger partial charge < -0.3 is 0 Å². The van der Waals surface area contributed by atoms with Gasteiger partial charge in [0.05, 0.1) is 17.1 Å². The largest absolute Gasteiger partial charge is 0.254 e. The lowest BCUT2D eigenvalue weighted by Gasteiger charge is -2.12. The maximum Gasteiger partial charge on any atom is 0.0971 e. The molecule has 2 nitrogen and oxygen atoms in total. The molecule has 0 fully saturated rings. The summed E-state index contributed by atoms with van der Waals surface area (Å²) in [6, 6.07) is 70.9. The number of fused-ring (bicyclic) bond motifs is 1. The van der Waals surface area contributed by atoms with Crippen molar-refractivity contribution >= 4 is 10.8 Å². The van der Waals surface area contributed by atoms with Gasteiger partial charge in [-0.3, -0.25) is 4.98 Å². The van der Waals surface area contributed by atoms with Gasteiger partial charge in [0.15, 0.2) is 0 Å². The Kier molecular flexibility index (Phi) is 8.24. The van der Waals surface area contributed by atoms with Crippen molar-refractivity contribution in [3.8, 4) is 78.3 Å². The van der Waals surface area contributed by atoms with E-state index < -0.39 is 0 Å². The summed E-state index contributed by atoms with van der Waals surface area (Å²) in [6.45, 7) is 0. The van der Waals surface area contributed by atoms with Crippen molar-refractivity contribution < 1.29 is 0 Å². The van der Waals surface area contributed by atoms with Gasteiger partial charge in [-0.2, -0.15) is 0 Å². The monoisotopic (exact) mass is 662 g/mol. The fourth-order valence-electron chi connectivity index (χ4n) is 7.00. The SMILES string of the molecule is c1ccc(-c2ccc(-c3nc(-c4cccc(-c5cccc(-c6cccc(-c7cccc(-c8ccccc8)c7)c6)c5)c4)cc4ccccc34)nc2)cc1. The zero-order valence-corrected chi connectivity index (χ0v) is 28.5. The zero-order chi connectivity index (χ0) is 34.7. The molecule has 0 atom stereocenters. The Morgan fingerprint density at radius 2 is 0.692 bits per heavy atom. The van der Waals surface area contributed by atoms with Crippen LogP contribution in [0.3, 0.4) is 0 Å².